The number of nitrogens with two attached hydrogens (primary N) is 1. The summed E-state index contributed by atoms with van der Waals surface area (Å²) in [6.07, 6.45) is 0.230. The first-order valence-corrected chi connectivity index (χ1v) is 7.55. The maximum absolute atomic E-state index is 12.2. The average molecular weight is 332 g/mol. The van der Waals surface area contributed by atoms with E-state index in [4.69, 9.17) is 17.3 Å². The molecule has 0 saturated carbocycles. The summed E-state index contributed by atoms with van der Waals surface area (Å²) in [5.74, 6) is -0.456. The molecule has 0 bridgehead atoms. The zero-order valence-corrected chi connectivity index (χ0v) is 13.5. The first-order chi connectivity index (χ1) is 11.0. The van der Waals surface area contributed by atoms with Gasteiger partial charge < -0.3 is 16.4 Å². The molecule has 0 fully saturated rings. The van der Waals surface area contributed by atoms with Gasteiger partial charge in [0.25, 0.3) is 5.91 Å². The molecule has 0 atom stereocenters. The number of aryl methyl sites for hydroxylation is 1. The molecule has 0 aromatic heterocycles. The van der Waals surface area contributed by atoms with E-state index in [2.05, 4.69) is 10.6 Å². The average Bonchev–Trinajstić information content (AvgIpc) is 2.51. The summed E-state index contributed by atoms with van der Waals surface area (Å²) in [7, 11) is 0. The van der Waals surface area contributed by atoms with Crippen LogP contribution < -0.4 is 16.4 Å². The second-order valence-corrected chi connectivity index (χ2v) is 5.51. The van der Waals surface area contributed by atoms with Crippen molar-refractivity contribution in [1.29, 1.82) is 0 Å². The number of rotatable bonds is 5. The van der Waals surface area contributed by atoms with Gasteiger partial charge in [0, 0.05) is 24.2 Å². The number of carbonyl (C=O) groups excluding carboxylic acids is 2. The highest BCUT2D eigenvalue weighted by molar-refractivity contribution is 6.34. The third-order valence-electron chi connectivity index (χ3n) is 3.18. The Labute approximate surface area is 139 Å². The smallest absolute Gasteiger partial charge is 0.255 e. The zero-order chi connectivity index (χ0) is 16.8. The molecule has 2 aromatic rings. The van der Waals surface area contributed by atoms with Crippen LogP contribution >= 0.6 is 11.6 Å². The molecule has 0 saturated heterocycles. The van der Waals surface area contributed by atoms with Crippen LogP contribution in [0, 0.1) is 6.92 Å². The number of carbonyl (C=O) groups is 2. The van der Waals surface area contributed by atoms with E-state index in [9.17, 15) is 9.59 Å². The van der Waals surface area contributed by atoms with E-state index in [1.54, 1.807) is 30.3 Å². The predicted octanol–water partition coefficient (Wildman–Crippen LogP) is 3.19. The van der Waals surface area contributed by atoms with Gasteiger partial charge in [0.1, 0.15) is 0 Å². The molecule has 120 valence electrons. The molecule has 0 aliphatic carbocycles. The Bertz CT molecular complexity index is 714. The van der Waals surface area contributed by atoms with Crippen LogP contribution in [0.1, 0.15) is 22.3 Å². The van der Waals surface area contributed by atoms with Gasteiger partial charge in [-0.25, -0.2) is 0 Å². The first-order valence-electron chi connectivity index (χ1n) is 7.17. The summed E-state index contributed by atoms with van der Waals surface area (Å²) in [6, 6.07) is 12.1. The van der Waals surface area contributed by atoms with E-state index in [0.717, 1.165) is 5.56 Å². The minimum atomic E-state index is -0.266. The van der Waals surface area contributed by atoms with Crippen molar-refractivity contribution in [2.75, 3.05) is 17.2 Å². The largest absolute Gasteiger partial charge is 0.330 e. The standard InChI is InChI=1S/C17H18ClN3O2/c1-11-2-4-12(5-3-11)17(23)21-15-10-13(6-7-14(15)18)20-16(22)8-9-19/h2-7,10H,8-9,19H2,1H3,(H,20,22)(H,21,23). The van der Waals surface area contributed by atoms with Gasteiger partial charge in [-0.2, -0.15) is 0 Å². The Morgan fingerprint density at radius 1 is 1.09 bits per heavy atom. The summed E-state index contributed by atoms with van der Waals surface area (Å²) < 4.78 is 0. The number of amides is 2. The molecule has 0 spiro atoms. The van der Waals surface area contributed by atoms with Crippen LogP contribution in [-0.4, -0.2) is 18.4 Å². The number of hydrogen-bond donors (Lipinski definition) is 3. The topological polar surface area (TPSA) is 84.2 Å². The minimum absolute atomic E-state index is 0.189. The molecule has 2 aromatic carbocycles. The Hall–Kier alpha value is -2.37. The number of halogens is 1. The van der Waals surface area contributed by atoms with Gasteiger partial charge in [-0.1, -0.05) is 29.3 Å². The van der Waals surface area contributed by atoms with Gasteiger partial charge in [0.05, 0.1) is 10.7 Å². The van der Waals surface area contributed by atoms with Crippen molar-refractivity contribution in [2.45, 2.75) is 13.3 Å². The van der Waals surface area contributed by atoms with Gasteiger partial charge in [-0.05, 0) is 37.3 Å². The molecule has 23 heavy (non-hydrogen) atoms. The van der Waals surface area contributed by atoms with Crippen molar-refractivity contribution >= 4 is 34.8 Å². The van der Waals surface area contributed by atoms with Crippen molar-refractivity contribution in [3.05, 3.63) is 58.6 Å². The maximum atomic E-state index is 12.2. The summed E-state index contributed by atoms with van der Waals surface area (Å²) in [4.78, 5) is 23.8. The predicted molar refractivity (Wildman–Crippen MR) is 92.9 cm³/mol. The van der Waals surface area contributed by atoms with E-state index >= 15 is 0 Å². The summed E-state index contributed by atoms with van der Waals surface area (Å²) in [6.45, 7) is 2.22. The highest BCUT2D eigenvalue weighted by Gasteiger charge is 2.10. The fourth-order valence-corrected chi connectivity index (χ4v) is 2.12. The van der Waals surface area contributed by atoms with E-state index in [1.807, 2.05) is 19.1 Å². The molecule has 0 heterocycles. The van der Waals surface area contributed by atoms with E-state index in [1.165, 1.54) is 0 Å². The van der Waals surface area contributed by atoms with Crippen molar-refractivity contribution in [3.63, 3.8) is 0 Å². The van der Waals surface area contributed by atoms with Gasteiger partial charge >= 0.3 is 0 Å². The lowest BCUT2D eigenvalue weighted by Crippen LogP contribution is -2.16. The summed E-state index contributed by atoms with van der Waals surface area (Å²) in [5.41, 5.74) is 7.93. The molecular formula is C17H18ClN3O2. The molecule has 0 unspecified atom stereocenters. The Morgan fingerprint density at radius 2 is 1.78 bits per heavy atom. The number of hydrogen-bond acceptors (Lipinski definition) is 3. The Kier molecular flexibility index (Phi) is 5.73. The van der Waals surface area contributed by atoms with Crippen LogP contribution in [-0.2, 0) is 4.79 Å². The lowest BCUT2D eigenvalue weighted by atomic mass is 10.1. The quantitative estimate of drug-likeness (QED) is 0.786. The molecule has 4 N–H and O–H groups in total. The van der Waals surface area contributed by atoms with E-state index in [0.29, 0.717) is 22.0 Å². The van der Waals surface area contributed by atoms with Crippen molar-refractivity contribution in [2.24, 2.45) is 5.73 Å². The third kappa shape index (κ3) is 4.81. The van der Waals surface area contributed by atoms with Crippen LogP contribution in [0.5, 0.6) is 0 Å². The van der Waals surface area contributed by atoms with E-state index < -0.39 is 0 Å². The summed E-state index contributed by atoms with van der Waals surface area (Å²) in [5, 5.41) is 5.84. The summed E-state index contributed by atoms with van der Waals surface area (Å²) >= 11 is 6.10. The monoisotopic (exact) mass is 331 g/mol. The van der Waals surface area contributed by atoms with Crippen LogP contribution in [0.3, 0.4) is 0 Å². The molecule has 0 radical (unpaired) electrons. The Morgan fingerprint density at radius 3 is 2.43 bits per heavy atom. The molecule has 0 aliphatic rings. The molecular weight excluding hydrogens is 314 g/mol. The SMILES string of the molecule is Cc1ccc(C(=O)Nc2cc(NC(=O)CCN)ccc2Cl)cc1. The lowest BCUT2D eigenvalue weighted by Gasteiger charge is -2.11. The first kappa shape index (κ1) is 17.0. The van der Waals surface area contributed by atoms with Crippen LogP contribution in [0.2, 0.25) is 5.02 Å². The van der Waals surface area contributed by atoms with Gasteiger partial charge in [0.2, 0.25) is 5.91 Å². The zero-order valence-electron chi connectivity index (χ0n) is 12.7. The van der Waals surface area contributed by atoms with Crippen molar-refractivity contribution < 1.29 is 9.59 Å². The minimum Gasteiger partial charge on any atom is -0.330 e. The van der Waals surface area contributed by atoms with Crippen molar-refractivity contribution in [1.82, 2.24) is 0 Å². The van der Waals surface area contributed by atoms with Crippen LogP contribution in [0.15, 0.2) is 42.5 Å². The second-order valence-electron chi connectivity index (χ2n) is 5.10. The maximum Gasteiger partial charge on any atom is 0.255 e. The highest BCUT2D eigenvalue weighted by Crippen LogP contribution is 2.26. The number of anilines is 2. The van der Waals surface area contributed by atoms with Gasteiger partial charge in [-0.15, -0.1) is 0 Å². The molecule has 6 heteroatoms. The van der Waals surface area contributed by atoms with Gasteiger partial charge in [0.15, 0.2) is 0 Å². The second kappa shape index (κ2) is 7.76. The lowest BCUT2D eigenvalue weighted by molar-refractivity contribution is -0.116. The fraction of sp³-hybridized carbons (Fsp3) is 0.176. The molecule has 0 aliphatic heterocycles. The normalized spacial score (nSPS) is 10.2. The number of nitrogens with one attached hydrogen (secondary N) is 2. The van der Waals surface area contributed by atoms with E-state index in [-0.39, 0.29) is 24.8 Å². The Balaban J connectivity index is 2.13. The third-order valence-corrected chi connectivity index (χ3v) is 3.51. The highest BCUT2D eigenvalue weighted by atomic mass is 35.5. The molecule has 2 rings (SSSR count). The van der Waals surface area contributed by atoms with Crippen LogP contribution in [0.25, 0.3) is 0 Å². The molecule has 2 amide bonds. The van der Waals surface area contributed by atoms with Gasteiger partial charge in [-0.3, -0.25) is 9.59 Å². The molecule has 5 nitrogen and oxygen atoms in total. The van der Waals surface area contributed by atoms with Crippen molar-refractivity contribution in [3.8, 4) is 0 Å². The fourth-order valence-electron chi connectivity index (χ4n) is 1.95. The van der Waals surface area contributed by atoms with Crippen LogP contribution in [0.4, 0.5) is 11.4 Å². The number of benzene rings is 2.